The molecule has 1 unspecified atom stereocenters. The molecule has 0 radical (unpaired) electrons. The fraction of sp³-hybridized carbons (Fsp3) is 0.375. The van der Waals surface area contributed by atoms with E-state index >= 15 is 0 Å². The number of nitrogens with one attached hydrogen (secondary N) is 1. The maximum atomic E-state index is 12.9. The second kappa shape index (κ2) is 5.57. The van der Waals surface area contributed by atoms with Crippen molar-refractivity contribution in [2.45, 2.75) is 33.2 Å². The van der Waals surface area contributed by atoms with Crippen molar-refractivity contribution in [1.82, 2.24) is 5.32 Å². The van der Waals surface area contributed by atoms with Crippen LogP contribution >= 0.6 is 0 Å². The zero-order valence-electron chi connectivity index (χ0n) is 11.9. The van der Waals surface area contributed by atoms with E-state index in [1.165, 1.54) is 23.3 Å². The monoisotopic (exact) mass is 261 g/mol. The molecule has 2 rings (SSSR count). The Morgan fingerprint density at radius 1 is 1.11 bits per heavy atom. The van der Waals surface area contributed by atoms with Crippen LogP contribution in [-0.2, 0) is 6.42 Å². The molecule has 0 aliphatic carbocycles. The third kappa shape index (κ3) is 2.87. The van der Waals surface area contributed by atoms with Crippen LogP contribution in [0.4, 0.5) is 4.39 Å². The van der Waals surface area contributed by atoms with Gasteiger partial charge in [0.1, 0.15) is 17.3 Å². The fourth-order valence-electron chi connectivity index (χ4n) is 2.53. The van der Waals surface area contributed by atoms with Gasteiger partial charge in [0, 0.05) is 11.6 Å². The minimum atomic E-state index is -0.198. The summed E-state index contributed by atoms with van der Waals surface area (Å²) < 4.78 is 18.6. The normalized spacial score (nSPS) is 12.7. The van der Waals surface area contributed by atoms with Gasteiger partial charge in [-0.15, -0.1) is 0 Å². The molecule has 1 N–H and O–H groups in total. The second-order valence-electron chi connectivity index (χ2n) is 4.92. The van der Waals surface area contributed by atoms with E-state index in [1.807, 2.05) is 33.0 Å². The largest absolute Gasteiger partial charge is 0.466 e. The summed E-state index contributed by atoms with van der Waals surface area (Å²) in [4.78, 5) is 0. The smallest absolute Gasteiger partial charge is 0.123 e. The molecule has 0 fully saturated rings. The Labute approximate surface area is 113 Å². The Hall–Kier alpha value is -1.61. The SMILES string of the molecule is CNC(Cc1ccc(F)cc1)c1c(C)oc(C)c1C. The third-order valence-corrected chi connectivity index (χ3v) is 3.67. The summed E-state index contributed by atoms with van der Waals surface area (Å²) in [5, 5.41) is 3.32. The minimum absolute atomic E-state index is 0.183. The zero-order valence-corrected chi connectivity index (χ0v) is 11.9. The van der Waals surface area contributed by atoms with Crippen LogP contribution in [-0.4, -0.2) is 7.05 Å². The molecule has 0 aliphatic heterocycles. The van der Waals surface area contributed by atoms with Gasteiger partial charge in [-0.3, -0.25) is 0 Å². The predicted molar refractivity (Wildman–Crippen MR) is 74.8 cm³/mol. The Morgan fingerprint density at radius 3 is 2.21 bits per heavy atom. The topological polar surface area (TPSA) is 25.2 Å². The van der Waals surface area contributed by atoms with Crippen LogP contribution < -0.4 is 5.32 Å². The molecule has 2 nitrogen and oxygen atoms in total. The van der Waals surface area contributed by atoms with E-state index in [-0.39, 0.29) is 11.9 Å². The number of halogens is 1. The van der Waals surface area contributed by atoms with Gasteiger partial charge in [0.15, 0.2) is 0 Å². The van der Waals surface area contributed by atoms with E-state index in [0.29, 0.717) is 0 Å². The van der Waals surface area contributed by atoms with Crippen molar-refractivity contribution in [2.75, 3.05) is 7.05 Å². The third-order valence-electron chi connectivity index (χ3n) is 3.67. The molecule has 0 saturated carbocycles. The van der Waals surface area contributed by atoms with Crippen molar-refractivity contribution in [3.8, 4) is 0 Å². The van der Waals surface area contributed by atoms with Crippen molar-refractivity contribution < 1.29 is 8.81 Å². The predicted octanol–water partition coefficient (Wildman–Crippen LogP) is 3.85. The van der Waals surface area contributed by atoms with Crippen molar-refractivity contribution in [1.29, 1.82) is 0 Å². The Bertz CT molecular complexity index is 557. The lowest BCUT2D eigenvalue weighted by molar-refractivity contribution is 0.489. The molecular weight excluding hydrogens is 241 g/mol. The molecule has 0 aliphatic rings. The molecule has 2 aromatic rings. The highest BCUT2D eigenvalue weighted by Crippen LogP contribution is 2.29. The van der Waals surface area contributed by atoms with Gasteiger partial charge in [-0.1, -0.05) is 12.1 Å². The van der Waals surface area contributed by atoms with Gasteiger partial charge >= 0.3 is 0 Å². The molecule has 3 heteroatoms. The van der Waals surface area contributed by atoms with E-state index in [2.05, 4.69) is 12.2 Å². The van der Waals surface area contributed by atoms with Crippen LogP contribution in [0.2, 0.25) is 0 Å². The van der Waals surface area contributed by atoms with Gasteiger partial charge in [-0.25, -0.2) is 4.39 Å². The summed E-state index contributed by atoms with van der Waals surface area (Å²) in [5.41, 5.74) is 3.52. The van der Waals surface area contributed by atoms with Gasteiger partial charge in [-0.05, 0) is 57.5 Å². The van der Waals surface area contributed by atoms with Crippen molar-refractivity contribution in [3.63, 3.8) is 0 Å². The number of hydrogen-bond acceptors (Lipinski definition) is 2. The van der Waals surface area contributed by atoms with Crippen LogP contribution in [0.5, 0.6) is 0 Å². The quantitative estimate of drug-likeness (QED) is 0.904. The number of rotatable bonds is 4. The molecule has 1 aromatic carbocycles. The lowest BCUT2D eigenvalue weighted by atomic mass is 9.96. The first-order valence-corrected chi connectivity index (χ1v) is 6.51. The summed E-state index contributed by atoms with van der Waals surface area (Å²) in [6.45, 7) is 6.05. The van der Waals surface area contributed by atoms with Crippen LogP contribution in [0, 0.1) is 26.6 Å². The molecule has 0 amide bonds. The van der Waals surface area contributed by atoms with E-state index in [0.717, 1.165) is 23.5 Å². The number of furan rings is 1. The molecule has 19 heavy (non-hydrogen) atoms. The first-order chi connectivity index (χ1) is 9.02. The van der Waals surface area contributed by atoms with Crippen molar-refractivity contribution in [3.05, 3.63) is 58.3 Å². The van der Waals surface area contributed by atoms with Gasteiger partial charge in [0.05, 0.1) is 0 Å². The summed E-state index contributed by atoms with van der Waals surface area (Å²) >= 11 is 0. The van der Waals surface area contributed by atoms with Crippen LogP contribution in [0.3, 0.4) is 0 Å². The van der Waals surface area contributed by atoms with Gasteiger partial charge in [0.25, 0.3) is 0 Å². The first-order valence-electron chi connectivity index (χ1n) is 6.51. The van der Waals surface area contributed by atoms with Crippen molar-refractivity contribution in [2.24, 2.45) is 0 Å². The summed E-state index contributed by atoms with van der Waals surface area (Å²) in [6.07, 6.45) is 0.817. The molecule has 1 heterocycles. The van der Waals surface area contributed by atoms with E-state index in [1.54, 1.807) is 0 Å². The fourth-order valence-corrected chi connectivity index (χ4v) is 2.53. The molecular formula is C16H20FNO. The number of aryl methyl sites for hydroxylation is 2. The summed E-state index contributed by atoms with van der Waals surface area (Å²) in [6, 6.07) is 6.85. The first kappa shape index (κ1) is 13.8. The van der Waals surface area contributed by atoms with E-state index in [4.69, 9.17) is 4.42 Å². The Balaban J connectivity index is 2.27. The Morgan fingerprint density at radius 2 is 1.74 bits per heavy atom. The number of benzene rings is 1. The molecule has 1 atom stereocenters. The van der Waals surface area contributed by atoms with Crippen LogP contribution in [0.25, 0.3) is 0 Å². The average Bonchev–Trinajstić information content (AvgIpc) is 2.63. The maximum Gasteiger partial charge on any atom is 0.123 e. The molecule has 0 bridgehead atoms. The number of likely N-dealkylation sites (N-methyl/N-ethyl adjacent to an activating group) is 1. The van der Waals surface area contributed by atoms with Gasteiger partial charge in [-0.2, -0.15) is 0 Å². The highest BCUT2D eigenvalue weighted by molar-refractivity contribution is 5.35. The average molecular weight is 261 g/mol. The number of hydrogen-bond donors (Lipinski definition) is 1. The molecule has 0 saturated heterocycles. The lowest BCUT2D eigenvalue weighted by Gasteiger charge is -2.17. The van der Waals surface area contributed by atoms with Crippen LogP contribution in [0.15, 0.2) is 28.7 Å². The Kier molecular flexibility index (Phi) is 4.05. The standard InChI is InChI=1S/C16H20FNO/c1-10-11(2)19-12(3)16(10)15(18-4)9-13-5-7-14(17)8-6-13/h5-8,15,18H,9H2,1-4H3. The highest BCUT2D eigenvalue weighted by atomic mass is 19.1. The molecule has 0 spiro atoms. The van der Waals surface area contributed by atoms with E-state index < -0.39 is 0 Å². The second-order valence-corrected chi connectivity index (χ2v) is 4.92. The minimum Gasteiger partial charge on any atom is -0.466 e. The van der Waals surface area contributed by atoms with Gasteiger partial charge in [0.2, 0.25) is 0 Å². The van der Waals surface area contributed by atoms with Crippen LogP contribution in [0.1, 0.15) is 34.3 Å². The molecule has 102 valence electrons. The summed E-state index contributed by atoms with van der Waals surface area (Å²) in [5.74, 6) is 1.72. The van der Waals surface area contributed by atoms with Gasteiger partial charge < -0.3 is 9.73 Å². The highest BCUT2D eigenvalue weighted by Gasteiger charge is 2.20. The van der Waals surface area contributed by atoms with Crippen molar-refractivity contribution >= 4 is 0 Å². The zero-order chi connectivity index (χ0) is 14.0. The molecule has 1 aromatic heterocycles. The maximum absolute atomic E-state index is 12.9. The van der Waals surface area contributed by atoms with E-state index in [9.17, 15) is 4.39 Å². The lowest BCUT2D eigenvalue weighted by Crippen LogP contribution is -2.20. The summed E-state index contributed by atoms with van der Waals surface area (Å²) in [7, 11) is 1.94.